The predicted molar refractivity (Wildman–Crippen MR) is 140 cm³/mol. The van der Waals surface area contributed by atoms with E-state index in [9.17, 15) is 18.0 Å². The second-order valence-corrected chi connectivity index (χ2v) is 11.4. The number of carbonyl (C=O) groups excluding carboxylic acids is 2. The summed E-state index contributed by atoms with van der Waals surface area (Å²) in [5.74, 6) is -0.598. The first-order chi connectivity index (χ1) is 16.6. The van der Waals surface area contributed by atoms with Gasteiger partial charge in [0.05, 0.1) is 11.9 Å². The predicted octanol–water partition coefficient (Wildman–Crippen LogP) is 3.59. The molecule has 2 aromatic carbocycles. The third-order valence-electron chi connectivity index (χ3n) is 6.72. The SMILES string of the molecule is Cc1cccc(C)c1N(CC(=O)N(CCc1ccccc1)[C@H](C)C(=O)NC1CCCC1)S(C)(=O)=O. The molecule has 2 aromatic rings. The molecule has 0 heterocycles. The Hall–Kier alpha value is -2.87. The molecule has 1 aliphatic carbocycles. The van der Waals surface area contributed by atoms with Gasteiger partial charge in [0.2, 0.25) is 21.8 Å². The lowest BCUT2D eigenvalue weighted by Crippen LogP contribution is -2.53. The standard InChI is InChI=1S/C27H37N3O4S/c1-20-11-10-12-21(2)26(20)30(35(4,33)34)19-25(31)29(18-17-23-13-6-5-7-14-23)22(3)27(32)28-24-15-8-9-16-24/h5-7,10-14,22,24H,8-9,15-19H2,1-4H3,(H,28,32)/t22-/m1/s1. The van der Waals surface area contributed by atoms with Crippen LogP contribution in [0.3, 0.4) is 0 Å². The zero-order valence-corrected chi connectivity index (χ0v) is 22.0. The van der Waals surface area contributed by atoms with Gasteiger partial charge in [-0.15, -0.1) is 0 Å². The van der Waals surface area contributed by atoms with Gasteiger partial charge in [-0.1, -0.05) is 61.4 Å². The van der Waals surface area contributed by atoms with E-state index in [0.717, 1.165) is 52.9 Å². The number of aryl methyl sites for hydroxylation is 2. The van der Waals surface area contributed by atoms with Crippen molar-refractivity contribution >= 4 is 27.5 Å². The van der Waals surface area contributed by atoms with Gasteiger partial charge in [-0.3, -0.25) is 13.9 Å². The Kier molecular flexibility index (Phi) is 8.94. The van der Waals surface area contributed by atoms with E-state index < -0.39 is 22.0 Å². The van der Waals surface area contributed by atoms with Crippen molar-refractivity contribution in [3.05, 3.63) is 65.2 Å². The molecule has 0 radical (unpaired) electrons. The topological polar surface area (TPSA) is 86.8 Å². The minimum absolute atomic E-state index is 0.137. The largest absolute Gasteiger partial charge is 0.352 e. The third-order valence-corrected chi connectivity index (χ3v) is 7.83. The fourth-order valence-corrected chi connectivity index (χ4v) is 5.70. The van der Waals surface area contributed by atoms with Crippen LogP contribution >= 0.6 is 0 Å². The third kappa shape index (κ3) is 7.07. The van der Waals surface area contributed by atoms with Gasteiger partial charge in [0.15, 0.2) is 0 Å². The molecule has 0 aliphatic heterocycles. The normalized spacial score (nSPS) is 15.0. The van der Waals surface area contributed by atoms with Crippen molar-refractivity contribution in [2.45, 2.75) is 65.0 Å². The first kappa shape index (κ1) is 26.7. The van der Waals surface area contributed by atoms with E-state index in [1.807, 2.05) is 62.4 Å². The van der Waals surface area contributed by atoms with E-state index in [1.54, 1.807) is 6.92 Å². The molecule has 0 saturated heterocycles. The molecule has 1 aliphatic rings. The van der Waals surface area contributed by atoms with Crippen molar-refractivity contribution in [1.29, 1.82) is 0 Å². The molecule has 0 unspecified atom stereocenters. The highest BCUT2D eigenvalue weighted by Gasteiger charge is 2.31. The van der Waals surface area contributed by atoms with Gasteiger partial charge in [-0.25, -0.2) is 8.42 Å². The highest BCUT2D eigenvalue weighted by atomic mass is 32.2. The molecule has 2 amide bonds. The van der Waals surface area contributed by atoms with Gasteiger partial charge in [0, 0.05) is 12.6 Å². The summed E-state index contributed by atoms with van der Waals surface area (Å²) in [5.41, 5.74) is 3.09. The number of rotatable bonds is 10. The number of anilines is 1. The van der Waals surface area contributed by atoms with Gasteiger partial charge in [-0.2, -0.15) is 0 Å². The van der Waals surface area contributed by atoms with E-state index in [1.165, 1.54) is 4.90 Å². The quantitative estimate of drug-likeness (QED) is 0.541. The lowest BCUT2D eigenvalue weighted by atomic mass is 10.1. The Morgan fingerprint density at radius 1 is 1.00 bits per heavy atom. The van der Waals surface area contributed by atoms with Crippen LogP contribution in [0.15, 0.2) is 48.5 Å². The van der Waals surface area contributed by atoms with Crippen LogP contribution in [-0.4, -0.2) is 56.6 Å². The Bertz CT molecular complexity index is 1110. The maximum absolute atomic E-state index is 13.6. The van der Waals surface area contributed by atoms with E-state index >= 15 is 0 Å². The van der Waals surface area contributed by atoms with Crippen molar-refractivity contribution in [2.75, 3.05) is 23.7 Å². The second-order valence-electron chi connectivity index (χ2n) is 9.50. The van der Waals surface area contributed by atoms with Crippen LogP contribution in [0, 0.1) is 13.8 Å². The van der Waals surface area contributed by atoms with Crippen molar-refractivity contribution < 1.29 is 18.0 Å². The summed E-state index contributed by atoms with van der Waals surface area (Å²) >= 11 is 0. The molecule has 0 aromatic heterocycles. The summed E-state index contributed by atoms with van der Waals surface area (Å²) < 4.78 is 26.7. The van der Waals surface area contributed by atoms with E-state index in [-0.39, 0.29) is 18.5 Å². The average Bonchev–Trinajstić information content (AvgIpc) is 3.31. The van der Waals surface area contributed by atoms with E-state index in [2.05, 4.69) is 5.32 Å². The van der Waals surface area contributed by atoms with Crippen molar-refractivity contribution in [1.82, 2.24) is 10.2 Å². The molecule has 0 spiro atoms. The lowest BCUT2D eigenvalue weighted by molar-refractivity contribution is -0.139. The number of sulfonamides is 1. The lowest BCUT2D eigenvalue weighted by Gasteiger charge is -2.32. The number of carbonyl (C=O) groups is 2. The minimum Gasteiger partial charge on any atom is -0.352 e. The Morgan fingerprint density at radius 3 is 2.17 bits per heavy atom. The van der Waals surface area contributed by atoms with Gasteiger partial charge in [0.1, 0.15) is 12.6 Å². The molecule has 190 valence electrons. The molecule has 1 fully saturated rings. The van der Waals surface area contributed by atoms with Gasteiger partial charge in [-0.05, 0) is 56.7 Å². The van der Waals surface area contributed by atoms with Crippen LogP contribution in [0.1, 0.15) is 49.3 Å². The number of benzene rings is 2. The summed E-state index contributed by atoms with van der Waals surface area (Å²) in [6, 6.07) is 14.7. The summed E-state index contributed by atoms with van der Waals surface area (Å²) in [4.78, 5) is 28.2. The van der Waals surface area contributed by atoms with Gasteiger partial charge < -0.3 is 10.2 Å². The monoisotopic (exact) mass is 499 g/mol. The van der Waals surface area contributed by atoms with Crippen LogP contribution in [0.5, 0.6) is 0 Å². The number of amides is 2. The Balaban J connectivity index is 1.86. The molecule has 1 N–H and O–H groups in total. The first-order valence-electron chi connectivity index (χ1n) is 12.3. The summed E-state index contributed by atoms with van der Waals surface area (Å²) in [6.07, 6.45) is 5.76. The molecule has 3 rings (SSSR count). The molecule has 1 atom stereocenters. The average molecular weight is 500 g/mol. The molecular formula is C27H37N3O4S. The van der Waals surface area contributed by atoms with Gasteiger partial charge in [0.25, 0.3) is 0 Å². The Morgan fingerprint density at radius 2 is 1.60 bits per heavy atom. The molecule has 0 bridgehead atoms. The number of nitrogens with zero attached hydrogens (tertiary/aromatic N) is 2. The number of hydrogen-bond donors (Lipinski definition) is 1. The van der Waals surface area contributed by atoms with E-state index in [0.29, 0.717) is 18.7 Å². The fraction of sp³-hybridized carbons (Fsp3) is 0.481. The zero-order valence-electron chi connectivity index (χ0n) is 21.2. The van der Waals surface area contributed by atoms with Crippen LogP contribution in [0.4, 0.5) is 5.69 Å². The molecule has 1 saturated carbocycles. The van der Waals surface area contributed by atoms with Crippen LogP contribution < -0.4 is 9.62 Å². The maximum atomic E-state index is 13.6. The maximum Gasteiger partial charge on any atom is 0.244 e. The minimum atomic E-state index is -3.74. The highest BCUT2D eigenvalue weighted by molar-refractivity contribution is 7.92. The van der Waals surface area contributed by atoms with Crippen LogP contribution in [0.2, 0.25) is 0 Å². The van der Waals surface area contributed by atoms with Crippen molar-refractivity contribution in [3.63, 3.8) is 0 Å². The summed E-state index contributed by atoms with van der Waals surface area (Å²) in [7, 11) is -3.74. The summed E-state index contributed by atoms with van der Waals surface area (Å²) in [6.45, 7) is 5.33. The van der Waals surface area contributed by atoms with Gasteiger partial charge >= 0.3 is 0 Å². The van der Waals surface area contributed by atoms with Crippen molar-refractivity contribution in [2.24, 2.45) is 0 Å². The zero-order chi connectivity index (χ0) is 25.6. The second kappa shape index (κ2) is 11.7. The first-order valence-corrected chi connectivity index (χ1v) is 14.1. The molecular weight excluding hydrogens is 462 g/mol. The molecule has 8 heteroatoms. The number of nitrogens with one attached hydrogen (secondary N) is 1. The Labute approximate surface area is 209 Å². The number of para-hydroxylation sites is 1. The molecule has 7 nitrogen and oxygen atoms in total. The van der Waals surface area contributed by atoms with E-state index in [4.69, 9.17) is 0 Å². The van der Waals surface area contributed by atoms with Crippen molar-refractivity contribution in [3.8, 4) is 0 Å². The fourth-order valence-electron chi connectivity index (χ4n) is 4.74. The smallest absolute Gasteiger partial charge is 0.244 e. The highest BCUT2D eigenvalue weighted by Crippen LogP contribution is 2.27. The summed E-state index contributed by atoms with van der Waals surface area (Å²) in [5, 5.41) is 3.08. The molecule has 35 heavy (non-hydrogen) atoms. The number of hydrogen-bond acceptors (Lipinski definition) is 4. The van der Waals surface area contributed by atoms with Crippen LogP contribution in [-0.2, 0) is 26.0 Å². The van der Waals surface area contributed by atoms with Crippen LogP contribution in [0.25, 0.3) is 0 Å².